The van der Waals surface area contributed by atoms with Gasteiger partial charge >= 0.3 is 0 Å². The van der Waals surface area contributed by atoms with E-state index in [2.05, 4.69) is 10.2 Å². The molecule has 4 rings (SSSR count). The number of hydrogen-bond donors (Lipinski definition) is 0. The predicted octanol–water partition coefficient (Wildman–Crippen LogP) is 3.40. The number of hydrogen-bond acceptors (Lipinski definition) is 7. The molecule has 1 saturated heterocycles. The van der Waals surface area contributed by atoms with Crippen LogP contribution in [0.3, 0.4) is 0 Å². The summed E-state index contributed by atoms with van der Waals surface area (Å²) in [7, 11) is 1.67. The van der Waals surface area contributed by atoms with Gasteiger partial charge in [-0.2, -0.15) is 0 Å². The summed E-state index contributed by atoms with van der Waals surface area (Å²) >= 11 is 1.55. The molecule has 2 aromatic heterocycles. The average molecular weight is 376 g/mol. The fourth-order valence-corrected chi connectivity index (χ4v) is 5.16. The van der Waals surface area contributed by atoms with E-state index in [0.717, 1.165) is 15.6 Å². The second-order valence-electron chi connectivity index (χ2n) is 7.17. The molecule has 8 heteroatoms. The number of rotatable bonds is 4. The fourth-order valence-electron chi connectivity index (χ4n) is 3.97. The maximum atomic E-state index is 13.3. The molecule has 0 unspecified atom stereocenters. The number of ether oxygens (including phenoxy) is 1. The van der Waals surface area contributed by atoms with Gasteiger partial charge in [-0.25, -0.2) is 4.98 Å². The molecule has 0 N–H and O–H groups in total. The molecule has 1 saturated carbocycles. The molecule has 2 fully saturated rings. The van der Waals surface area contributed by atoms with Crippen molar-refractivity contribution in [3.05, 3.63) is 27.4 Å². The molecule has 7 nitrogen and oxygen atoms in total. The zero-order valence-electron chi connectivity index (χ0n) is 15.4. The van der Waals surface area contributed by atoms with Crippen LogP contribution in [0.2, 0.25) is 0 Å². The monoisotopic (exact) mass is 376 g/mol. The van der Waals surface area contributed by atoms with E-state index in [1.54, 1.807) is 30.3 Å². The maximum Gasteiger partial charge on any atom is 0.266 e. The summed E-state index contributed by atoms with van der Waals surface area (Å²) in [4.78, 5) is 20.5. The Hall–Kier alpha value is -1.80. The van der Waals surface area contributed by atoms with Crippen LogP contribution >= 0.6 is 11.3 Å². The molecule has 2 atom stereocenters. The van der Waals surface area contributed by atoms with Gasteiger partial charge < -0.3 is 14.1 Å². The van der Waals surface area contributed by atoms with Gasteiger partial charge in [0, 0.05) is 32.9 Å². The maximum absolute atomic E-state index is 13.3. The number of likely N-dealkylation sites (tertiary alicyclic amines) is 1. The molecule has 2 aromatic rings. The van der Waals surface area contributed by atoms with Crippen LogP contribution in [-0.2, 0) is 4.74 Å². The van der Waals surface area contributed by atoms with Crippen molar-refractivity contribution in [1.82, 2.24) is 20.1 Å². The lowest BCUT2D eigenvalue weighted by Gasteiger charge is -2.21. The Bertz CT molecular complexity index is 796. The minimum atomic E-state index is -0.245. The lowest BCUT2D eigenvalue weighted by molar-refractivity contribution is 0.0677. The molecule has 3 heterocycles. The molecule has 0 bridgehead atoms. The molecule has 0 spiro atoms. The van der Waals surface area contributed by atoms with Gasteiger partial charge in [-0.05, 0) is 19.8 Å². The molecule has 0 aromatic carbocycles. The van der Waals surface area contributed by atoms with E-state index in [1.807, 2.05) is 6.92 Å². The third kappa shape index (κ3) is 3.16. The first kappa shape index (κ1) is 17.6. The van der Waals surface area contributed by atoms with Crippen molar-refractivity contribution in [2.75, 3.05) is 13.7 Å². The number of carbonyl (C=O) groups excluding carboxylic acids is 1. The second kappa shape index (κ2) is 7.08. The highest BCUT2D eigenvalue weighted by Gasteiger charge is 2.41. The molecule has 1 amide bonds. The van der Waals surface area contributed by atoms with Gasteiger partial charge in [0.15, 0.2) is 0 Å². The molecule has 26 heavy (non-hydrogen) atoms. The van der Waals surface area contributed by atoms with E-state index in [9.17, 15) is 4.79 Å². The Kier molecular flexibility index (Phi) is 4.79. The third-order valence-corrected chi connectivity index (χ3v) is 6.70. The van der Waals surface area contributed by atoms with Gasteiger partial charge in [0.1, 0.15) is 10.9 Å². The number of methoxy groups -OCH3 is 1. The molecule has 0 radical (unpaired) electrons. The topological polar surface area (TPSA) is 81.4 Å². The number of carbonyl (C=O) groups is 1. The normalized spacial score (nSPS) is 23.9. The van der Waals surface area contributed by atoms with Crippen LogP contribution in [0.5, 0.6) is 0 Å². The van der Waals surface area contributed by atoms with Crippen LogP contribution in [0, 0.1) is 13.8 Å². The zero-order valence-corrected chi connectivity index (χ0v) is 16.2. The Morgan fingerprint density at radius 2 is 2.04 bits per heavy atom. The Balaban J connectivity index is 1.61. The van der Waals surface area contributed by atoms with Crippen LogP contribution in [0.4, 0.5) is 0 Å². The number of thiazole rings is 1. The van der Waals surface area contributed by atoms with Crippen molar-refractivity contribution in [2.45, 2.75) is 64.0 Å². The van der Waals surface area contributed by atoms with Gasteiger partial charge in [-0.15, -0.1) is 21.5 Å². The van der Waals surface area contributed by atoms with Crippen LogP contribution in [0.1, 0.15) is 76.2 Å². The second-order valence-corrected chi connectivity index (χ2v) is 8.20. The first-order valence-electron chi connectivity index (χ1n) is 9.18. The van der Waals surface area contributed by atoms with Gasteiger partial charge in [-0.1, -0.05) is 12.8 Å². The summed E-state index contributed by atoms with van der Waals surface area (Å²) in [5.74, 6) is 1.49. The van der Waals surface area contributed by atoms with Crippen molar-refractivity contribution in [1.29, 1.82) is 0 Å². The van der Waals surface area contributed by atoms with E-state index < -0.39 is 0 Å². The van der Waals surface area contributed by atoms with E-state index in [1.165, 1.54) is 25.7 Å². The number of aryl methyl sites for hydroxylation is 2. The summed E-state index contributed by atoms with van der Waals surface area (Å²) in [6, 6.07) is -0.245. The van der Waals surface area contributed by atoms with E-state index in [4.69, 9.17) is 14.1 Å². The van der Waals surface area contributed by atoms with Crippen molar-refractivity contribution in [2.24, 2.45) is 0 Å². The first-order valence-corrected chi connectivity index (χ1v) is 9.99. The highest BCUT2D eigenvalue weighted by atomic mass is 32.1. The minimum Gasteiger partial charge on any atom is -0.423 e. The number of nitrogens with zero attached hydrogens (tertiary/aromatic N) is 4. The zero-order chi connectivity index (χ0) is 18.3. The van der Waals surface area contributed by atoms with E-state index >= 15 is 0 Å². The predicted molar refractivity (Wildman–Crippen MR) is 96.3 cm³/mol. The van der Waals surface area contributed by atoms with Crippen LogP contribution in [0.25, 0.3) is 0 Å². The van der Waals surface area contributed by atoms with Crippen molar-refractivity contribution in [3.8, 4) is 0 Å². The van der Waals surface area contributed by atoms with Gasteiger partial charge in [-0.3, -0.25) is 4.79 Å². The van der Waals surface area contributed by atoms with Gasteiger partial charge in [0.2, 0.25) is 11.8 Å². The molecular formula is C18H24N4O3S. The van der Waals surface area contributed by atoms with Gasteiger partial charge in [0.25, 0.3) is 5.91 Å². The molecule has 1 aliphatic heterocycles. The quantitative estimate of drug-likeness (QED) is 0.813. The van der Waals surface area contributed by atoms with E-state index in [0.29, 0.717) is 30.7 Å². The Labute approximate surface area is 156 Å². The van der Waals surface area contributed by atoms with Crippen LogP contribution < -0.4 is 0 Å². The van der Waals surface area contributed by atoms with E-state index in [-0.39, 0.29) is 18.1 Å². The molecule has 2 aliphatic rings. The van der Waals surface area contributed by atoms with Crippen molar-refractivity contribution >= 4 is 17.2 Å². The number of aromatic nitrogens is 3. The van der Waals surface area contributed by atoms with Crippen molar-refractivity contribution in [3.63, 3.8) is 0 Å². The smallest absolute Gasteiger partial charge is 0.266 e. The first-order chi connectivity index (χ1) is 12.6. The summed E-state index contributed by atoms with van der Waals surface area (Å²) in [6.45, 7) is 4.21. The van der Waals surface area contributed by atoms with Crippen LogP contribution in [0.15, 0.2) is 4.42 Å². The Morgan fingerprint density at radius 3 is 2.69 bits per heavy atom. The highest BCUT2D eigenvalue weighted by molar-refractivity contribution is 7.13. The van der Waals surface area contributed by atoms with Crippen molar-refractivity contribution < 1.29 is 13.9 Å². The lowest BCUT2D eigenvalue weighted by atomic mass is 10.1. The average Bonchev–Trinajstić information content (AvgIpc) is 3.40. The van der Waals surface area contributed by atoms with Gasteiger partial charge in [0.05, 0.1) is 16.8 Å². The SMILES string of the molecule is CO[C@H]1C[C@H](c2nnc(C)o2)N(C(=O)c2sc(C3CCCC3)nc2C)C1. The largest absolute Gasteiger partial charge is 0.423 e. The molecular weight excluding hydrogens is 352 g/mol. The third-order valence-electron chi connectivity index (χ3n) is 5.40. The Morgan fingerprint density at radius 1 is 1.27 bits per heavy atom. The minimum absolute atomic E-state index is 0.00958. The summed E-state index contributed by atoms with van der Waals surface area (Å²) in [5.41, 5.74) is 0.822. The molecule has 140 valence electrons. The number of amides is 1. The standard InChI is InChI=1S/C18H24N4O3S/c1-10-15(26-17(19-10)12-6-4-5-7-12)18(23)22-9-13(24-3)8-14(22)16-21-20-11(2)25-16/h12-14H,4-9H2,1-3H3/t13-,14+/m0/s1. The fraction of sp³-hybridized carbons (Fsp3) is 0.667. The highest BCUT2D eigenvalue weighted by Crippen LogP contribution is 2.39. The van der Waals surface area contributed by atoms with Crippen LogP contribution in [-0.4, -0.2) is 45.7 Å². The summed E-state index contributed by atoms with van der Waals surface area (Å²) in [6.07, 6.45) is 5.51. The molecule has 1 aliphatic carbocycles. The lowest BCUT2D eigenvalue weighted by Crippen LogP contribution is -2.32. The summed E-state index contributed by atoms with van der Waals surface area (Å²) in [5, 5.41) is 9.16. The summed E-state index contributed by atoms with van der Waals surface area (Å²) < 4.78 is 11.1.